The largest absolute Gasteiger partial charge is 0.373 e. The molecular weight excluding hydrogens is 275 g/mol. The maximum absolute atomic E-state index is 5.97. The Balaban J connectivity index is 2.20. The summed E-state index contributed by atoms with van der Waals surface area (Å²) in [6, 6.07) is 8.31. The number of hydrogen-bond acceptors (Lipinski definition) is 1. The summed E-state index contributed by atoms with van der Waals surface area (Å²) < 4.78 is 6.92. The van der Waals surface area contributed by atoms with Crippen LogP contribution in [-0.4, -0.2) is 12.5 Å². The van der Waals surface area contributed by atoms with E-state index < -0.39 is 0 Å². The second-order valence-corrected chi connectivity index (χ2v) is 5.13. The van der Waals surface area contributed by atoms with Gasteiger partial charge >= 0.3 is 0 Å². The van der Waals surface area contributed by atoms with E-state index in [-0.39, 0.29) is 6.10 Å². The van der Waals surface area contributed by atoms with Crippen molar-refractivity contribution in [1.29, 1.82) is 0 Å². The Morgan fingerprint density at radius 3 is 3.07 bits per heavy atom. The number of halogens is 2. The van der Waals surface area contributed by atoms with Gasteiger partial charge in [0.1, 0.15) is 0 Å². The molecule has 0 aliphatic carbocycles. The van der Waals surface area contributed by atoms with Crippen LogP contribution in [0.4, 0.5) is 0 Å². The number of benzene rings is 1. The maximum Gasteiger partial charge on any atom is 0.0864 e. The Bertz CT molecular complexity index is 329. The van der Waals surface area contributed by atoms with Crippen LogP contribution in [0.15, 0.2) is 28.7 Å². The van der Waals surface area contributed by atoms with Gasteiger partial charge in [-0.05, 0) is 30.5 Å². The summed E-state index contributed by atoms with van der Waals surface area (Å²) in [6.07, 6.45) is 2.47. The molecule has 0 radical (unpaired) electrons. The number of hydrogen-bond donors (Lipinski definition) is 0. The van der Waals surface area contributed by atoms with Gasteiger partial charge in [0.05, 0.1) is 6.10 Å². The van der Waals surface area contributed by atoms with E-state index >= 15 is 0 Å². The van der Waals surface area contributed by atoms with Gasteiger partial charge < -0.3 is 4.74 Å². The zero-order chi connectivity index (χ0) is 10.7. The predicted molar refractivity (Wildman–Crippen MR) is 66.3 cm³/mol. The molecule has 1 saturated heterocycles. The third-order valence-electron chi connectivity index (χ3n) is 2.82. The Morgan fingerprint density at radius 2 is 2.33 bits per heavy atom. The standard InChI is InChI=1S/C12H14BrClO/c13-11-5-1-3-9(7-11)12-10(8-14)4-2-6-15-12/h1,3,5,7,10,12H,2,4,6,8H2. The quantitative estimate of drug-likeness (QED) is 0.743. The lowest BCUT2D eigenvalue weighted by atomic mass is 9.91. The van der Waals surface area contributed by atoms with E-state index in [9.17, 15) is 0 Å². The van der Waals surface area contributed by atoms with Crippen molar-refractivity contribution < 1.29 is 4.74 Å². The highest BCUT2D eigenvalue weighted by Crippen LogP contribution is 2.35. The summed E-state index contributed by atoms with van der Waals surface area (Å²) in [4.78, 5) is 0. The van der Waals surface area contributed by atoms with Crippen molar-refractivity contribution in [3.05, 3.63) is 34.3 Å². The van der Waals surface area contributed by atoms with Crippen molar-refractivity contribution in [1.82, 2.24) is 0 Å². The summed E-state index contributed by atoms with van der Waals surface area (Å²) in [5, 5.41) is 0. The molecule has 0 spiro atoms. The summed E-state index contributed by atoms with van der Waals surface area (Å²) >= 11 is 9.46. The van der Waals surface area contributed by atoms with Gasteiger partial charge in [0.2, 0.25) is 0 Å². The lowest BCUT2D eigenvalue weighted by Crippen LogP contribution is -2.23. The molecule has 15 heavy (non-hydrogen) atoms. The molecule has 2 unspecified atom stereocenters. The highest BCUT2D eigenvalue weighted by molar-refractivity contribution is 9.10. The Morgan fingerprint density at radius 1 is 1.47 bits per heavy atom. The molecule has 0 N–H and O–H groups in total. The van der Waals surface area contributed by atoms with Crippen molar-refractivity contribution in [2.75, 3.05) is 12.5 Å². The van der Waals surface area contributed by atoms with Crippen molar-refractivity contribution in [3.63, 3.8) is 0 Å². The van der Waals surface area contributed by atoms with Gasteiger partial charge in [0.25, 0.3) is 0 Å². The molecular formula is C12H14BrClO. The summed E-state index contributed by atoms with van der Waals surface area (Å²) in [5.41, 5.74) is 1.23. The van der Waals surface area contributed by atoms with Crippen LogP contribution in [0.2, 0.25) is 0 Å². The van der Waals surface area contributed by atoms with E-state index in [0.717, 1.165) is 17.5 Å². The van der Waals surface area contributed by atoms with Crippen LogP contribution in [0.1, 0.15) is 24.5 Å². The molecule has 1 nitrogen and oxygen atoms in total. The van der Waals surface area contributed by atoms with Gasteiger partial charge in [-0.1, -0.05) is 28.1 Å². The highest BCUT2D eigenvalue weighted by Gasteiger charge is 2.26. The van der Waals surface area contributed by atoms with E-state index in [1.165, 1.54) is 12.0 Å². The van der Waals surface area contributed by atoms with Gasteiger partial charge in [-0.3, -0.25) is 0 Å². The Hall–Kier alpha value is -0.0500. The molecule has 0 amide bonds. The first kappa shape index (κ1) is 11.4. The zero-order valence-corrected chi connectivity index (χ0v) is 10.8. The minimum absolute atomic E-state index is 0.175. The topological polar surface area (TPSA) is 9.23 Å². The second-order valence-electron chi connectivity index (χ2n) is 3.90. The summed E-state index contributed by atoms with van der Waals surface area (Å²) in [5.74, 6) is 1.13. The molecule has 1 aromatic rings. The lowest BCUT2D eigenvalue weighted by molar-refractivity contribution is -0.0208. The smallest absolute Gasteiger partial charge is 0.0864 e. The maximum atomic E-state index is 5.97. The van der Waals surface area contributed by atoms with Crippen molar-refractivity contribution in [3.8, 4) is 0 Å². The van der Waals surface area contributed by atoms with Crippen LogP contribution in [0.25, 0.3) is 0 Å². The molecule has 1 heterocycles. The molecule has 2 rings (SSSR count). The number of ether oxygens (including phenoxy) is 1. The molecule has 82 valence electrons. The van der Waals surface area contributed by atoms with Crippen LogP contribution in [0.3, 0.4) is 0 Å². The fraction of sp³-hybridized carbons (Fsp3) is 0.500. The van der Waals surface area contributed by atoms with Crippen molar-refractivity contribution >= 4 is 27.5 Å². The predicted octanol–water partition coefficient (Wildman–Crippen LogP) is 4.16. The fourth-order valence-corrected chi connectivity index (χ4v) is 2.79. The van der Waals surface area contributed by atoms with Gasteiger partial charge in [-0.2, -0.15) is 0 Å². The van der Waals surface area contributed by atoms with Gasteiger partial charge in [-0.15, -0.1) is 11.6 Å². The molecule has 1 fully saturated rings. The minimum Gasteiger partial charge on any atom is -0.373 e. The number of alkyl halides is 1. The van der Waals surface area contributed by atoms with Crippen LogP contribution in [-0.2, 0) is 4.74 Å². The van der Waals surface area contributed by atoms with Gasteiger partial charge in [0, 0.05) is 22.9 Å². The van der Waals surface area contributed by atoms with Crippen LogP contribution >= 0.6 is 27.5 Å². The Kier molecular flexibility index (Phi) is 4.06. The van der Waals surface area contributed by atoms with E-state index in [1.54, 1.807) is 0 Å². The monoisotopic (exact) mass is 288 g/mol. The summed E-state index contributed by atoms with van der Waals surface area (Å²) in [6.45, 7) is 0.852. The van der Waals surface area contributed by atoms with Crippen LogP contribution in [0.5, 0.6) is 0 Å². The molecule has 0 saturated carbocycles. The van der Waals surface area contributed by atoms with Crippen LogP contribution < -0.4 is 0 Å². The first-order chi connectivity index (χ1) is 7.31. The molecule has 1 aliphatic rings. The number of rotatable bonds is 2. The molecule has 3 heteroatoms. The molecule has 0 aromatic heterocycles. The second kappa shape index (κ2) is 5.33. The normalized spacial score (nSPS) is 26.5. The third-order valence-corrected chi connectivity index (χ3v) is 3.71. The Labute approximate surface area is 104 Å². The summed E-state index contributed by atoms with van der Waals surface area (Å²) in [7, 11) is 0. The van der Waals surface area contributed by atoms with Gasteiger partial charge in [0.15, 0.2) is 0 Å². The molecule has 2 atom stereocenters. The first-order valence-corrected chi connectivity index (χ1v) is 6.57. The average Bonchev–Trinajstić information content (AvgIpc) is 2.29. The highest BCUT2D eigenvalue weighted by atomic mass is 79.9. The average molecular weight is 290 g/mol. The fourth-order valence-electron chi connectivity index (χ4n) is 2.05. The third kappa shape index (κ3) is 2.74. The van der Waals surface area contributed by atoms with E-state index in [4.69, 9.17) is 16.3 Å². The van der Waals surface area contributed by atoms with E-state index in [2.05, 4.69) is 28.1 Å². The van der Waals surface area contributed by atoms with Crippen LogP contribution in [0, 0.1) is 5.92 Å². The molecule has 1 aliphatic heterocycles. The van der Waals surface area contributed by atoms with Gasteiger partial charge in [-0.25, -0.2) is 0 Å². The van der Waals surface area contributed by atoms with Crippen molar-refractivity contribution in [2.24, 2.45) is 5.92 Å². The first-order valence-electron chi connectivity index (χ1n) is 5.24. The van der Waals surface area contributed by atoms with E-state index in [1.807, 2.05) is 12.1 Å². The zero-order valence-electron chi connectivity index (χ0n) is 8.46. The van der Waals surface area contributed by atoms with E-state index in [0.29, 0.717) is 11.8 Å². The SMILES string of the molecule is ClCC1CCCOC1c1cccc(Br)c1. The molecule has 0 bridgehead atoms. The molecule has 1 aromatic carbocycles. The minimum atomic E-state index is 0.175. The van der Waals surface area contributed by atoms with Crippen molar-refractivity contribution in [2.45, 2.75) is 18.9 Å². The lowest BCUT2D eigenvalue weighted by Gasteiger charge is -2.30.